The Labute approximate surface area is 120 Å². The van der Waals surface area contributed by atoms with Crippen LogP contribution in [0, 0.1) is 16.2 Å². The van der Waals surface area contributed by atoms with Crippen molar-refractivity contribution < 1.29 is 9.59 Å². The molecule has 1 saturated heterocycles. The van der Waals surface area contributed by atoms with E-state index in [1.165, 1.54) is 7.05 Å². The number of carbonyl (C=O) groups excluding carboxylic acids is 2. The fourth-order valence-corrected chi connectivity index (χ4v) is 2.05. The number of hydrogen-bond donors (Lipinski definition) is 1. The van der Waals surface area contributed by atoms with Crippen LogP contribution in [0.2, 0.25) is 0 Å². The molecular formula is C13H13N5O3. The van der Waals surface area contributed by atoms with Crippen LogP contribution in [-0.2, 0) is 11.3 Å². The predicted molar refractivity (Wildman–Crippen MR) is 72.4 cm³/mol. The van der Waals surface area contributed by atoms with E-state index in [1.54, 1.807) is 24.3 Å². The maximum atomic E-state index is 12.1. The Balaban J connectivity index is 2.24. The van der Waals surface area contributed by atoms with Crippen molar-refractivity contribution in [2.24, 2.45) is 10.9 Å². The summed E-state index contributed by atoms with van der Waals surface area (Å²) in [6.45, 7) is -0.00748. The first kappa shape index (κ1) is 14.6. The lowest BCUT2D eigenvalue weighted by Crippen LogP contribution is -2.65. The zero-order chi connectivity index (χ0) is 15.6. The topological polar surface area (TPSA) is 120 Å². The number of nitrogens with two attached hydrogens (primary N) is 1. The second kappa shape index (κ2) is 5.68. The zero-order valence-corrected chi connectivity index (χ0v) is 11.3. The molecule has 0 aromatic heterocycles. The van der Waals surface area contributed by atoms with Gasteiger partial charge in [0.25, 0.3) is 5.91 Å². The Morgan fingerprint density at radius 1 is 1.33 bits per heavy atom. The number of rotatable bonds is 3. The third-order valence-corrected chi connectivity index (χ3v) is 3.36. The lowest BCUT2D eigenvalue weighted by atomic mass is 10.1. The van der Waals surface area contributed by atoms with Crippen molar-refractivity contribution in [1.82, 2.24) is 9.80 Å². The SMILES string of the molecule is CN1C(=O)N(Cc2ccc(C#N)cc2)C(=O)C(N=O)C1N. The molecule has 108 valence electrons. The predicted octanol–water partition coefficient (Wildman–Crippen LogP) is 0.372. The van der Waals surface area contributed by atoms with Crippen LogP contribution in [-0.4, -0.2) is 41.0 Å². The van der Waals surface area contributed by atoms with Crippen LogP contribution in [0.3, 0.4) is 0 Å². The highest BCUT2D eigenvalue weighted by Crippen LogP contribution is 2.18. The Kier molecular flexibility index (Phi) is 3.95. The van der Waals surface area contributed by atoms with Gasteiger partial charge in [-0.25, -0.2) is 4.79 Å². The molecule has 2 rings (SSSR count). The second-order valence-corrected chi connectivity index (χ2v) is 4.67. The standard InChI is InChI=1S/C13H13N5O3/c1-17-11(15)10(16-21)12(19)18(13(17)20)7-9-4-2-8(6-14)3-5-9/h2-5,10-11H,7,15H2,1H3. The van der Waals surface area contributed by atoms with Gasteiger partial charge in [-0.1, -0.05) is 17.3 Å². The van der Waals surface area contributed by atoms with Crippen LogP contribution in [0.15, 0.2) is 29.4 Å². The van der Waals surface area contributed by atoms with Crippen LogP contribution < -0.4 is 5.73 Å². The second-order valence-electron chi connectivity index (χ2n) is 4.67. The number of nitriles is 1. The fraction of sp³-hybridized carbons (Fsp3) is 0.308. The van der Waals surface area contributed by atoms with Gasteiger partial charge in [0.2, 0.25) is 6.04 Å². The summed E-state index contributed by atoms with van der Waals surface area (Å²) in [5.41, 5.74) is 6.77. The fourth-order valence-electron chi connectivity index (χ4n) is 2.05. The lowest BCUT2D eigenvalue weighted by molar-refractivity contribution is -0.134. The van der Waals surface area contributed by atoms with E-state index >= 15 is 0 Å². The van der Waals surface area contributed by atoms with E-state index in [-0.39, 0.29) is 6.54 Å². The van der Waals surface area contributed by atoms with E-state index < -0.39 is 24.1 Å². The van der Waals surface area contributed by atoms with Crippen LogP contribution in [0.25, 0.3) is 0 Å². The molecule has 0 bridgehead atoms. The molecule has 0 spiro atoms. The van der Waals surface area contributed by atoms with Crippen molar-refractivity contribution in [1.29, 1.82) is 5.26 Å². The highest BCUT2D eigenvalue weighted by molar-refractivity contribution is 6.00. The lowest BCUT2D eigenvalue weighted by Gasteiger charge is -2.38. The number of amides is 3. The van der Waals surface area contributed by atoms with Gasteiger partial charge in [0.1, 0.15) is 6.17 Å². The van der Waals surface area contributed by atoms with Crippen molar-refractivity contribution in [2.45, 2.75) is 18.8 Å². The zero-order valence-electron chi connectivity index (χ0n) is 11.3. The quantitative estimate of drug-likeness (QED) is 0.805. The van der Waals surface area contributed by atoms with Gasteiger partial charge in [-0.15, -0.1) is 4.91 Å². The van der Waals surface area contributed by atoms with Crippen molar-refractivity contribution in [3.63, 3.8) is 0 Å². The maximum Gasteiger partial charge on any atom is 0.328 e. The summed E-state index contributed by atoms with van der Waals surface area (Å²) < 4.78 is 0. The molecule has 8 nitrogen and oxygen atoms in total. The minimum atomic E-state index is -1.31. The number of urea groups is 1. The van der Waals surface area contributed by atoms with Gasteiger partial charge in [0.15, 0.2) is 0 Å². The number of nitroso groups, excluding NO2 is 1. The van der Waals surface area contributed by atoms with E-state index in [0.717, 1.165) is 9.80 Å². The normalized spacial score (nSPS) is 22.1. The first-order chi connectivity index (χ1) is 9.99. The molecule has 1 fully saturated rings. The molecule has 8 heteroatoms. The van der Waals surface area contributed by atoms with E-state index in [4.69, 9.17) is 11.0 Å². The summed E-state index contributed by atoms with van der Waals surface area (Å²) >= 11 is 0. The summed E-state index contributed by atoms with van der Waals surface area (Å²) in [5, 5.41) is 11.4. The van der Waals surface area contributed by atoms with E-state index in [1.807, 2.05) is 6.07 Å². The molecule has 0 aliphatic carbocycles. The number of nitrogens with zero attached hydrogens (tertiary/aromatic N) is 4. The van der Waals surface area contributed by atoms with Crippen LogP contribution >= 0.6 is 0 Å². The number of imide groups is 1. The van der Waals surface area contributed by atoms with Crippen molar-refractivity contribution in [3.8, 4) is 6.07 Å². The van der Waals surface area contributed by atoms with Crippen LogP contribution in [0.4, 0.5) is 4.79 Å². The first-order valence-corrected chi connectivity index (χ1v) is 6.15. The first-order valence-electron chi connectivity index (χ1n) is 6.15. The summed E-state index contributed by atoms with van der Waals surface area (Å²) in [5.74, 6) is -0.718. The van der Waals surface area contributed by atoms with E-state index in [2.05, 4.69) is 5.18 Å². The molecule has 1 aliphatic rings. The molecule has 3 amide bonds. The molecule has 1 aromatic carbocycles. The average molecular weight is 287 g/mol. The average Bonchev–Trinajstić information content (AvgIpc) is 2.51. The third-order valence-electron chi connectivity index (χ3n) is 3.36. The van der Waals surface area contributed by atoms with Crippen molar-refractivity contribution in [2.75, 3.05) is 7.05 Å². The van der Waals surface area contributed by atoms with Gasteiger partial charge in [-0.05, 0) is 17.7 Å². The Hall–Kier alpha value is -2.79. The summed E-state index contributed by atoms with van der Waals surface area (Å²) in [7, 11) is 1.41. The van der Waals surface area contributed by atoms with Crippen LogP contribution in [0.5, 0.6) is 0 Å². The van der Waals surface area contributed by atoms with Gasteiger partial charge < -0.3 is 10.6 Å². The number of hydrogen-bond acceptors (Lipinski definition) is 6. The summed E-state index contributed by atoms with van der Waals surface area (Å²) in [6, 6.07) is 6.51. The number of likely N-dealkylation sites (N-methyl/N-ethyl adjacent to an activating group) is 1. The van der Waals surface area contributed by atoms with Crippen molar-refractivity contribution in [3.05, 3.63) is 40.3 Å². The Bertz CT molecular complexity index is 622. The third kappa shape index (κ3) is 2.59. The largest absolute Gasteiger partial charge is 0.328 e. The van der Waals surface area contributed by atoms with Gasteiger partial charge in [-0.2, -0.15) is 5.26 Å². The monoisotopic (exact) mass is 287 g/mol. The molecule has 0 saturated carbocycles. The highest BCUT2D eigenvalue weighted by atomic mass is 16.3. The van der Waals surface area contributed by atoms with Gasteiger partial charge in [0, 0.05) is 7.05 Å². The minimum absolute atomic E-state index is 0.00748. The smallest absolute Gasteiger partial charge is 0.309 e. The summed E-state index contributed by atoms with van der Waals surface area (Å²) in [4.78, 5) is 37.0. The summed E-state index contributed by atoms with van der Waals surface area (Å²) in [6.07, 6.45) is -1.06. The molecule has 21 heavy (non-hydrogen) atoms. The Morgan fingerprint density at radius 3 is 2.48 bits per heavy atom. The van der Waals surface area contributed by atoms with E-state index in [0.29, 0.717) is 11.1 Å². The van der Waals surface area contributed by atoms with Crippen molar-refractivity contribution >= 4 is 11.9 Å². The molecule has 2 unspecified atom stereocenters. The number of benzene rings is 1. The molecular weight excluding hydrogens is 274 g/mol. The Morgan fingerprint density at radius 2 is 1.95 bits per heavy atom. The number of carbonyl (C=O) groups is 2. The molecule has 1 heterocycles. The van der Waals surface area contributed by atoms with Gasteiger partial charge in [0.05, 0.1) is 18.2 Å². The highest BCUT2D eigenvalue weighted by Gasteiger charge is 2.44. The molecule has 2 N–H and O–H groups in total. The molecule has 1 aromatic rings. The van der Waals surface area contributed by atoms with Gasteiger partial charge in [-0.3, -0.25) is 9.69 Å². The van der Waals surface area contributed by atoms with Crippen LogP contribution in [0.1, 0.15) is 11.1 Å². The maximum absolute atomic E-state index is 12.1. The van der Waals surface area contributed by atoms with Gasteiger partial charge >= 0.3 is 6.03 Å². The molecule has 2 atom stereocenters. The molecule has 1 aliphatic heterocycles. The van der Waals surface area contributed by atoms with E-state index in [9.17, 15) is 14.5 Å². The minimum Gasteiger partial charge on any atom is -0.309 e. The molecule has 0 radical (unpaired) electrons.